The van der Waals surface area contributed by atoms with Gasteiger partial charge in [0.1, 0.15) is 0 Å². The van der Waals surface area contributed by atoms with Gasteiger partial charge in [0.2, 0.25) is 6.10 Å². The maximum Gasteiger partial charge on any atom is 0.353 e. The van der Waals surface area contributed by atoms with Crippen LogP contribution in [-0.2, 0) is 19.2 Å². The molecule has 0 aliphatic carbocycles. The molecular formula is C11H18N2O5. The third-order valence-corrected chi connectivity index (χ3v) is 2.75. The van der Waals surface area contributed by atoms with Crippen LogP contribution in [0, 0.1) is 0 Å². The summed E-state index contributed by atoms with van der Waals surface area (Å²) >= 11 is 0. The summed E-state index contributed by atoms with van der Waals surface area (Å²) in [5, 5.41) is 12.1. The zero-order chi connectivity index (χ0) is 13.7. The molecular weight excluding hydrogens is 240 g/mol. The van der Waals surface area contributed by atoms with Crippen molar-refractivity contribution in [3.05, 3.63) is 0 Å². The molecule has 7 heteroatoms. The van der Waals surface area contributed by atoms with Crippen LogP contribution in [0.1, 0.15) is 20.3 Å². The first kappa shape index (κ1) is 14.4. The highest BCUT2D eigenvalue weighted by atomic mass is 16.6. The van der Waals surface area contributed by atoms with Crippen LogP contribution in [0.3, 0.4) is 0 Å². The van der Waals surface area contributed by atoms with E-state index in [2.05, 4.69) is 5.16 Å². The fraction of sp³-hybridized carbons (Fsp3) is 0.727. The molecule has 0 aromatic rings. The Morgan fingerprint density at radius 3 is 2.78 bits per heavy atom. The topological polar surface area (TPSA) is 88.4 Å². The van der Waals surface area contributed by atoms with E-state index in [9.17, 15) is 9.59 Å². The minimum atomic E-state index is -1.15. The Labute approximate surface area is 105 Å². The van der Waals surface area contributed by atoms with Gasteiger partial charge in [-0.15, -0.1) is 0 Å². The molecule has 0 radical (unpaired) electrons. The molecule has 1 amide bonds. The van der Waals surface area contributed by atoms with Gasteiger partial charge in [0, 0.05) is 20.1 Å². The Morgan fingerprint density at radius 1 is 1.67 bits per heavy atom. The third-order valence-electron chi connectivity index (χ3n) is 2.75. The lowest BCUT2D eigenvalue weighted by atomic mass is 10.1. The van der Waals surface area contributed by atoms with Gasteiger partial charge >= 0.3 is 5.97 Å². The number of carbonyl (C=O) groups excluding carboxylic acids is 1. The number of carboxylic acid groups (broad SMARTS) is 1. The maximum atomic E-state index is 12.1. The van der Waals surface area contributed by atoms with Crippen molar-refractivity contribution in [2.75, 3.05) is 20.3 Å². The number of methoxy groups -OCH3 is 1. The fourth-order valence-electron chi connectivity index (χ4n) is 1.84. The number of nitrogens with zero attached hydrogens (tertiary/aromatic N) is 2. The lowest BCUT2D eigenvalue weighted by molar-refractivity contribution is -0.145. The van der Waals surface area contributed by atoms with Gasteiger partial charge in [-0.05, 0) is 13.8 Å². The molecule has 102 valence electrons. The van der Waals surface area contributed by atoms with Crippen LogP contribution in [0.25, 0.3) is 0 Å². The minimum Gasteiger partial charge on any atom is -0.477 e. The maximum absolute atomic E-state index is 12.1. The number of likely N-dealkylation sites (N-methyl/N-ethyl adjacent to an activating group) is 1. The van der Waals surface area contributed by atoms with E-state index in [0.29, 0.717) is 13.2 Å². The van der Waals surface area contributed by atoms with Crippen LogP contribution < -0.4 is 0 Å². The third kappa shape index (κ3) is 3.19. The molecule has 2 atom stereocenters. The lowest BCUT2D eigenvalue weighted by Gasteiger charge is -2.28. The van der Waals surface area contributed by atoms with Crippen molar-refractivity contribution in [1.29, 1.82) is 0 Å². The van der Waals surface area contributed by atoms with Gasteiger partial charge in [-0.1, -0.05) is 5.16 Å². The number of hydrogen-bond acceptors (Lipinski definition) is 5. The number of ether oxygens (including phenoxy) is 1. The highest BCUT2D eigenvalue weighted by molar-refractivity contribution is 6.36. The van der Waals surface area contributed by atoms with Crippen LogP contribution in [0.4, 0.5) is 0 Å². The molecule has 0 bridgehead atoms. The summed E-state index contributed by atoms with van der Waals surface area (Å²) in [6.45, 7) is 4.63. The molecule has 2 unspecified atom stereocenters. The summed E-state index contributed by atoms with van der Waals surface area (Å²) in [5.74, 6) is -1.42. The minimum absolute atomic E-state index is 0.00433. The van der Waals surface area contributed by atoms with Crippen molar-refractivity contribution in [1.82, 2.24) is 4.90 Å². The molecule has 0 fully saturated rings. The van der Waals surface area contributed by atoms with Crippen molar-refractivity contribution in [2.24, 2.45) is 5.16 Å². The fourth-order valence-corrected chi connectivity index (χ4v) is 1.84. The van der Waals surface area contributed by atoms with E-state index in [1.807, 2.05) is 13.8 Å². The Morgan fingerprint density at radius 2 is 2.33 bits per heavy atom. The molecule has 0 spiro atoms. The number of carbonyl (C=O) groups is 2. The highest BCUT2D eigenvalue weighted by Gasteiger charge is 2.35. The van der Waals surface area contributed by atoms with Gasteiger partial charge in [0.25, 0.3) is 5.91 Å². The van der Waals surface area contributed by atoms with Gasteiger partial charge in [0.15, 0.2) is 5.71 Å². The van der Waals surface area contributed by atoms with E-state index in [1.165, 1.54) is 0 Å². The SMILES string of the molecule is CCN(C(=O)C1CC(C(=O)O)=NO1)C(C)COC. The largest absolute Gasteiger partial charge is 0.477 e. The normalized spacial score (nSPS) is 19.9. The molecule has 1 N–H and O–H groups in total. The molecule has 0 saturated heterocycles. The predicted molar refractivity (Wildman–Crippen MR) is 63.3 cm³/mol. The molecule has 7 nitrogen and oxygen atoms in total. The van der Waals surface area contributed by atoms with E-state index in [4.69, 9.17) is 14.7 Å². The molecule has 18 heavy (non-hydrogen) atoms. The molecule has 1 heterocycles. The molecule has 0 saturated carbocycles. The number of oxime groups is 1. The molecule has 1 rings (SSSR count). The Balaban J connectivity index is 2.62. The van der Waals surface area contributed by atoms with Gasteiger partial charge < -0.3 is 19.6 Å². The van der Waals surface area contributed by atoms with Gasteiger partial charge in [-0.3, -0.25) is 4.79 Å². The number of amides is 1. The molecule has 0 aromatic heterocycles. The first-order valence-electron chi connectivity index (χ1n) is 5.76. The number of rotatable bonds is 6. The standard InChI is InChI=1S/C11H18N2O5/c1-4-13(7(2)6-17-3)10(14)9-5-8(11(15)16)12-18-9/h7,9H,4-6H2,1-3H3,(H,15,16). The summed E-state index contributed by atoms with van der Waals surface area (Å²) < 4.78 is 5.00. The summed E-state index contributed by atoms with van der Waals surface area (Å²) in [6, 6.07) is -0.0926. The van der Waals surface area contributed by atoms with Crippen LogP contribution in [0.2, 0.25) is 0 Å². The summed E-state index contributed by atoms with van der Waals surface area (Å²) in [7, 11) is 1.56. The average Bonchev–Trinajstić information content (AvgIpc) is 2.79. The van der Waals surface area contributed by atoms with Crippen LogP contribution in [-0.4, -0.2) is 60.0 Å². The number of carboxylic acids is 1. The van der Waals surface area contributed by atoms with Crippen LogP contribution in [0.5, 0.6) is 0 Å². The average molecular weight is 258 g/mol. The van der Waals surface area contributed by atoms with Crippen molar-refractivity contribution < 1.29 is 24.3 Å². The summed E-state index contributed by atoms with van der Waals surface area (Å²) in [6.07, 6.45) is -0.833. The van der Waals surface area contributed by atoms with Crippen LogP contribution in [0.15, 0.2) is 5.16 Å². The van der Waals surface area contributed by atoms with E-state index in [0.717, 1.165) is 0 Å². The van der Waals surface area contributed by atoms with E-state index in [1.54, 1.807) is 12.0 Å². The van der Waals surface area contributed by atoms with E-state index in [-0.39, 0.29) is 24.1 Å². The van der Waals surface area contributed by atoms with Crippen LogP contribution >= 0.6 is 0 Å². The first-order chi connectivity index (χ1) is 8.51. The van der Waals surface area contributed by atoms with Crippen molar-refractivity contribution in [2.45, 2.75) is 32.4 Å². The Bertz CT molecular complexity index is 355. The van der Waals surface area contributed by atoms with Crippen molar-refractivity contribution in [3.63, 3.8) is 0 Å². The molecule has 0 aromatic carbocycles. The second-order valence-electron chi connectivity index (χ2n) is 4.07. The van der Waals surface area contributed by atoms with Crippen molar-refractivity contribution in [3.8, 4) is 0 Å². The number of hydrogen-bond donors (Lipinski definition) is 1. The highest BCUT2D eigenvalue weighted by Crippen LogP contribution is 2.15. The number of aliphatic carboxylic acids is 1. The first-order valence-corrected chi connectivity index (χ1v) is 5.76. The van der Waals surface area contributed by atoms with Gasteiger partial charge in [0.05, 0.1) is 12.6 Å². The molecule has 1 aliphatic rings. The summed E-state index contributed by atoms with van der Waals surface area (Å²) in [5.41, 5.74) is -0.121. The zero-order valence-electron chi connectivity index (χ0n) is 10.8. The Hall–Kier alpha value is -1.63. The lowest BCUT2D eigenvalue weighted by Crippen LogP contribution is -2.46. The second kappa shape index (κ2) is 6.34. The second-order valence-corrected chi connectivity index (χ2v) is 4.07. The predicted octanol–water partition coefficient (Wildman–Crippen LogP) is 0.0993. The smallest absolute Gasteiger partial charge is 0.353 e. The molecule has 1 aliphatic heterocycles. The van der Waals surface area contributed by atoms with Gasteiger partial charge in [-0.25, -0.2) is 4.79 Å². The summed E-state index contributed by atoms with van der Waals surface area (Å²) in [4.78, 5) is 29.3. The monoisotopic (exact) mass is 258 g/mol. The quantitative estimate of drug-likeness (QED) is 0.730. The van der Waals surface area contributed by atoms with E-state index < -0.39 is 12.1 Å². The Kier molecular flexibility index (Phi) is 5.08. The van der Waals surface area contributed by atoms with Crippen molar-refractivity contribution >= 4 is 17.6 Å². The van der Waals surface area contributed by atoms with Gasteiger partial charge in [-0.2, -0.15) is 0 Å². The zero-order valence-corrected chi connectivity index (χ0v) is 10.8. The van der Waals surface area contributed by atoms with E-state index >= 15 is 0 Å².